The van der Waals surface area contributed by atoms with Crippen molar-refractivity contribution in [3.8, 4) is 5.75 Å². The van der Waals surface area contributed by atoms with Crippen LogP contribution in [0.3, 0.4) is 0 Å². The van der Waals surface area contributed by atoms with Gasteiger partial charge in [-0.2, -0.15) is 0 Å². The molecule has 2 aliphatic heterocycles. The predicted octanol–water partition coefficient (Wildman–Crippen LogP) is 2.03. The van der Waals surface area contributed by atoms with Crippen LogP contribution in [0.4, 0.5) is 0 Å². The van der Waals surface area contributed by atoms with Gasteiger partial charge in [0.1, 0.15) is 12.4 Å². The molecule has 2 heterocycles. The van der Waals surface area contributed by atoms with Gasteiger partial charge in [0.15, 0.2) is 0 Å². The first-order valence-corrected chi connectivity index (χ1v) is 7.94. The number of carbonyl (C=O) groups excluding carboxylic acids is 1. The second kappa shape index (κ2) is 7.51. The van der Waals surface area contributed by atoms with E-state index >= 15 is 0 Å². The van der Waals surface area contributed by atoms with Gasteiger partial charge in [0.2, 0.25) is 5.91 Å². The highest BCUT2D eigenvalue weighted by atomic mass is 35.5. The fourth-order valence-electron chi connectivity index (χ4n) is 3.21. The molecule has 0 aliphatic carbocycles. The van der Waals surface area contributed by atoms with Gasteiger partial charge in [0.05, 0.1) is 12.1 Å². The third kappa shape index (κ3) is 3.62. The number of carbonyl (C=O) groups is 1. The van der Waals surface area contributed by atoms with Crippen LogP contribution in [0.1, 0.15) is 35.6 Å². The number of fused-ring (bicyclic) bond motifs is 1. The molecule has 1 amide bonds. The summed E-state index contributed by atoms with van der Waals surface area (Å²) in [5.41, 5.74) is 9.53. The summed E-state index contributed by atoms with van der Waals surface area (Å²) in [4.78, 5) is 12.4. The minimum absolute atomic E-state index is 0. The number of benzene rings is 1. The number of nitrogens with two attached hydrogens (primary N) is 1. The van der Waals surface area contributed by atoms with E-state index in [9.17, 15) is 4.79 Å². The summed E-state index contributed by atoms with van der Waals surface area (Å²) < 4.78 is 11.1. The molecule has 1 saturated heterocycles. The summed E-state index contributed by atoms with van der Waals surface area (Å²) in [5.74, 6) is 1.02. The van der Waals surface area contributed by atoms with E-state index in [1.54, 1.807) is 0 Å². The Morgan fingerprint density at radius 2 is 2.00 bits per heavy atom. The first kappa shape index (κ1) is 18.0. The number of hydrogen-bond donors (Lipinski definition) is 2. The molecule has 6 heteroatoms. The maximum atomic E-state index is 12.4. The molecule has 128 valence electrons. The monoisotopic (exact) mass is 340 g/mol. The molecule has 0 aromatic heterocycles. The van der Waals surface area contributed by atoms with Gasteiger partial charge in [-0.1, -0.05) is 12.1 Å². The largest absolute Gasteiger partial charge is 0.490 e. The Hall–Kier alpha value is -1.30. The molecule has 1 aromatic rings. The molecule has 3 rings (SSSR count). The third-order valence-electron chi connectivity index (χ3n) is 4.87. The lowest BCUT2D eigenvalue weighted by atomic mass is 9.91. The van der Waals surface area contributed by atoms with Crippen LogP contribution >= 0.6 is 12.4 Å². The second-order valence-electron chi connectivity index (χ2n) is 6.27. The standard InChI is InChI=1S/C17H24N2O3.ClH/c1-10-3-4-13-14(9-22-16(13)11(10)2)19-17(20)15(18)12-5-7-21-8-6-12;/h3-4,12,14-15H,5-9,18H2,1-2H3,(H,19,20);1H. The smallest absolute Gasteiger partial charge is 0.237 e. The Morgan fingerprint density at radius 3 is 2.70 bits per heavy atom. The average molecular weight is 341 g/mol. The molecule has 0 bridgehead atoms. The summed E-state index contributed by atoms with van der Waals surface area (Å²) in [6.07, 6.45) is 1.70. The SMILES string of the molecule is Cc1ccc2c(c1C)OCC2NC(=O)C(N)C1CCOCC1.Cl. The highest BCUT2D eigenvalue weighted by Crippen LogP contribution is 2.36. The molecule has 23 heavy (non-hydrogen) atoms. The molecule has 0 radical (unpaired) electrons. The van der Waals surface area contributed by atoms with E-state index in [-0.39, 0.29) is 30.3 Å². The Balaban J connectivity index is 0.00000192. The number of rotatable bonds is 3. The normalized spacial score (nSPS) is 21.8. The molecule has 2 unspecified atom stereocenters. The van der Waals surface area contributed by atoms with Crippen molar-refractivity contribution in [2.45, 2.75) is 38.8 Å². The quantitative estimate of drug-likeness (QED) is 0.883. The molecular weight excluding hydrogens is 316 g/mol. The average Bonchev–Trinajstić information content (AvgIpc) is 2.94. The topological polar surface area (TPSA) is 73.6 Å². The summed E-state index contributed by atoms with van der Waals surface area (Å²) >= 11 is 0. The van der Waals surface area contributed by atoms with Gasteiger partial charge in [-0.15, -0.1) is 12.4 Å². The van der Waals surface area contributed by atoms with Crippen molar-refractivity contribution in [3.63, 3.8) is 0 Å². The predicted molar refractivity (Wildman–Crippen MR) is 91.1 cm³/mol. The lowest BCUT2D eigenvalue weighted by molar-refractivity contribution is -0.125. The molecule has 1 aromatic carbocycles. The first-order chi connectivity index (χ1) is 10.6. The number of ether oxygens (including phenoxy) is 2. The maximum absolute atomic E-state index is 12.4. The van der Waals surface area contributed by atoms with E-state index in [1.165, 1.54) is 5.56 Å². The highest BCUT2D eigenvalue weighted by molar-refractivity contribution is 5.85. The molecule has 3 N–H and O–H groups in total. The van der Waals surface area contributed by atoms with Gasteiger partial charge in [0, 0.05) is 18.8 Å². The van der Waals surface area contributed by atoms with Crippen LogP contribution in [-0.4, -0.2) is 31.8 Å². The van der Waals surface area contributed by atoms with E-state index < -0.39 is 6.04 Å². The van der Waals surface area contributed by atoms with Crippen molar-refractivity contribution in [3.05, 3.63) is 28.8 Å². The van der Waals surface area contributed by atoms with Crippen molar-refractivity contribution in [2.24, 2.45) is 11.7 Å². The summed E-state index contributed by atoms with van der Waals surface area (Å²) in [6.45, 7) is 5.98. The number of amides is 1. The molecule has 2 atom stereocenters. The minimum atomic E-state index is -0.473. The second-order valence-corrected chi connectivity index (χ2v) is 6.27. The van der Waals surface area contributed by atoms with Crippen LogP contribution < -0.4 is 15.8 Å². The van der Waals surface area contributed by atoms with Crippen LogP contribution in [0.5, 0.6) is 5.75 Å². The van der Waals surface area contributed by atoms with Crippen LogP contribution in [0, 0.1) is 19.8 Å². The van der Waals surface area contributed by atoms with Gasteiger partial charge >= 0.3 is 0 Å². The number of aryl methyl sites for hydroxylation is 1. The Kier molecular flexibility index (Phi) is 5.89. The summed E-state index contributed by atoms with van der Waals surface area (Å²) in [5, 5.41) is 3.05. The van der Waals surface area contributed by atoms with Crippen molar-refractivity contribution in [1.82, 2.24) is 5.32 Å². The van der Waals surface area contributed by atoms with E-state index in [2.05, 4.69) is 18.3 Å². The minimum Gasteiger partial charge on any atom is -0.490 e. The highest BCUT2D eigenvalue weighted by Gasteiger charge is 2.32. The maximum Gasteiger partial charge on any atom is 0.237 e. The van der Waals surface area contributed by atoms with E-state index in [1.807, 2.05) is 13.0 Å². The Bertz CT molecular complexity index is 573. The zero-order valence-corrected chi connectivity index (χ0v) is 14.4. The van der Waals surface area contributed by atoms with Crippen LogP contribution in [-0.2, 0) is 9.53 Å². The number of nitrogens with one attached hydrogen (secondary N) is 1. The van der Waals surface area contributed by atoms with E-state index in [0.29, 0.717) is 19.8 Å². The van der Waals surface area contributed by atoms with E-state index in [0.717, 1.165) is 29.7 Å². The van der Waals surface area contributed by atoms with Crippen molar-refractivity contribution in [1.29, 1.82) is 0 Å². The molecule has 5 nitrogen and oxygen atoms in total. The molecule has 0 spiro atoms. The van der Waals surface area contributed by atoms with Gasteiger partial charge in [-0.05, 0) is 43.7 Å². The van der Waals surface area contributed by atoms with E-state index in [4.69, 9.17) is 15.2 Å². The van der Waals surface area contributed by atoms with Gasteiger partial charge < -0.3 is 20.5 Å². The lowest BCUT2D eigenvalue weighted by Gasteiger charge is -2.27. The fraction of sp³-hybridized carbons (Fsp3) is 0.588. The molecule has 2 aliphatic rings. The zero-order chi connectivity index (χ0) is 15.7. The van der Waals surface area contributed by atoms with Crippen LogP contribution in [0.25, 0.3) is 0 Å². The number of hydrogen-bond acceptors (Lipinski definition) is 4. The van der Waals surface area contributed by atoms with Crippen molar-refractivity contribution >= 4 is 18.3 Å². The fourth-order valence-corrected chi connectivity index (χ4v) is 3.21. The Morgan fingerprint density at radius 1 is 1.30 bits per heavy atom. The molecule has 1 fully saturated rings. The summed E-state index contributed by atoms with van der Waals surface area (Å²) in [6, 6.07) is 3.53. The van der Waals surface area contributed by atoms with Gasteiger partial charge in [-0.25, -0.2) is 0 Å². The Labute approximate surface area is 143 Å². The van der Waals surface area contributed by atoms with Gasteiger partial charge in [-0.3, -0.25) is 4.79 Å². The van der Waals surface area contributed by atoms with Crippen molar-refractivity contribution in [2.75, 3.05) is 19.8 Å². The van der Waals surface area contributed by atoms with Crippen molar-refractivity contribution < 1.29 is 14.3 Å². The summed E-state index contributed by atoms with van der Waals surface area (Å²) in [7, 11) is 0. The first-order valence-electron chi connectivity index (χ1n) is 7.94. The van der Waals surface area contributed by atoms with Crippen LogP contribution in [0.2, 0.25) is 0 Å². The molecule has 0 saturated carbocycles. The van der Waals surface area contributed by atoms with Crippen LogP contribution in [0.15, 0.2) is 12.1 Å². The molecular formula is C17H25ClN2O3. The third-order valence-corrected chi connectivity index (χ3v) is 4.87. The van der Waals surface area contributed by atoms with Gasteiger partial charge in [0.25, 0.3) is 0 Å². The lowest BCUT2D eigenvalue weighted by Crippen LogP contribution is -2.48. The zero-order valence-electron chi connectivity index (χ0n) is 13.6. The number of halogens is 1.